The summed E-state index contributed by atoms with van der Waals surface area (Å²) in [6.07, 6.45) is 2.72. The van der Waals surface area contributed by atoms with Gasteiger partial charge in [-0.2, -0.15) is 0 Å². The van der Waals surface area contributed by atoms with Crippen LogP contribution >= 0.6 is 0 Å². The standard InChI is InChI=1S/C20H16F4N4O2/c21-11-5-25-18(26-6-11)27-14(29)7-28-9-19(8-20(19,23)24)15-13(17(28)30)4-3-12(16(15)22)10-1-2-10/h3-6,10H,1-2,7-9H2,(H,25,26,27,29)/t19-/m0/s1. The van der Waals surface area contributed by atoms with E-state index in [1.807, 2.05) is 0 Å². The number of hydrogen-bond donors (Lipinski definition) is 1. The Morgan fingerprint density at radius 2 is 1.87 bits per heavy atom. The molecule has 3 aliphatic rings. The molecule has 2 fully saturated rings. The Morgan fingerprint density at radius 1 is 1.20 bits per heavy atom. The summed E-state index contributed by atoms with van der Waals surface area (Å²) in [6.45, 7) is -1.00. The summed E-state index contributed by atoms with van der Waals surface area (Å²) in [5.41, 5.74) is -1.80. The second kappa shape index (κ2) is 6.23. The summed E-state index contributed by atoms with van der Waals surface area (Å²) >= 11 is 0. The Balaban J connectivity index is 1.44. The highest BCUT2D eigenvalue weighted by molar-refractivity contribution is 6.01. The number of alkyl halides is 2. The lowest BCUT2D eigenvalue weighted by Crippen LogP contribution is -2.49. The Hall–Kier alpha value is -3.04. The normalized spacial score (nSPS) is 24.0. The third-order valence-corrected chi connectivity index (χ3v) is 5.95. The lowest BCUT2D eigenvalue weighted by Gasteiger charge is -2.35. The van der Waals surface area contributed by atoms with Gasteiger partial charge in [-0.25, -0.2) is 27.5 Å². The Kier molecular flexibility index (Phi) is 3.93. The van der Waals surface area contributed by atoms with Gasteiger partial charge in [0.15, 0.2) is 5.82 Å². The van der Waals surface area contributed by atoms with Crippen molar-refractivity contribution >= 4 is 17.8 Å². The highest BCUT2D eigenvalue weighted by Crippen LogP contribution is 2.65. The van der Waals surface area contributed by atoms with E-state index in [-0.39, 0.29) is 23.0 Å². The van der Waals surface area contributed by atoms with Crippen LogP contribution in [0.2, 0.25) is 0 Å². The first-order chi connectivity index (χ1) is 14.2. The van der Waals surface area contributed by atoms with Gasteiger partial charge in [0.1, 0.15) is 12.4 Å². The number of benzene rings is 1. The van der Waals surface area contributed by atoms with Crippen molar-refractivity contribution in [3.8, 4) is 0 Å². The molecular formula is C20H16F4N4O2. The van der Waals surface area contributed by atoms with Gasteiger partial charge < -0.3 is 4.90 Å². The summed E-state index contributed by atoms with van der Waals surface area (Å²) in [7, 11) is 0. The van der Waals surface area contributed by atoms with Crippen LogP contribution in [0.4, 0.5) is 23.5 Å². The zero-order valence-electron chi connectivity index (χ0n) is 15.6. The largest absolute Gasteiger partial charge is 0.328 e. The third-order valence-electron chi connectivity index (χ3n) is 5.95. The molecule has 1 aliphatic heterocycles. The summed E-state index contributed by atoms with van der Waals surface area (Å²) in [5, 5.41) is 2.29. The van der Waals surface area contributed by atoms with Crippen LogP contribution in [0.25, 0.3) is 0 Å². The van der Waals surface area contributed by atoms with Crippen molar-refractivity contribution in [1.29, 1.82) is 0 Å². The lowest BCUT2D eigenvalue weighted by atomic mass is 9.83. The first kappa shape index (κ1) is 19.0. The van der Waals surface area contributed by atoms with Gasteiger partial charge in [-0.05, 0) is 30.4 Å². The van der Waals surface area contributed by atoms with Crippen molar-refractivity contribution < 1.29 is 27.2 Å². The average Bonchev–Trinajstić information content (AvgIpc) is 3.59. The van der Waals surface area contributed by atoms with Gasteiger partial charge in [0.2, 0.25) is 11.9 Å². The summed E-state index contributed by atoms with van der Waals surface area (Å²) < 4.78 is 56.9. The van der Waals surface area contributed by atoms with Gasteiger partial charge in [-0.1, -0.05) is 6.07 Å². The first-order valence-electron chi connectivity index (χ1n) is 9.49. The van der Waals surface area contributed by atoms with Crippen LogP contribution in [-0.4, -0.2) is 45.7 Å². The van der Waals surface area contributed by atoms with Crippen LogP contribution in [0.15, 0.2) is 24.5 Å². The number of nitrogens with one attached hydrogen (secondary N) is 1. The molecule has 1 atom stereocenters. The molecule has 30 heavy (non-hydrogen) atoms. The SMILES string of the molecule is O=C(CN1C[C@@]2(CC2(F)F)c2c(ccc(C3CC3)c2F)C1=O)Nc1ncc(F)cn1. The predicted octanol–water partition coefficient (Wildman–Crippen LogP) is 3.00. The van der Waals surface area contributed by atoms with Crippen molar-refractivity contribution in [2.45, 2.75) is 36.5 Å². The van der Waals surface area contributed by atoms with E-state index in [4.69, 9.17) is 0 Å². The number of anilines is 1. The highest BCUT2D eigenvalue weighted by Gasteiger charge is 2.75. The monoisotopic (exact) mass is 420 g/mol. The highest BCUT2D eigenvalue weighted by atomic mass is 19.3. The molecule has 156 valence electrons. The number of amides is 2. The molecular weight excluding hydrogens is 404 g/mol. The minimum absolute atomic E-state index is 0.00865. The summed E-state index contributed by atoms with van der Waals surface area (Å²) in [6, 6.07) is 2.87. The first-order valence-corrected chi connectivity index (χ1v) is 9.49. The van der Waals surface area contributed by atoms with Crippen LogP contribution in [0.5, 0.6) is 0 Å². The van der Waals surface area contributed by atoms with Crippen LogP contribution in [0, 0.1) is 11.6 Å². The molecule has 2 heterocycles. The number of aromatic nitrogens is 2. The van der Waals surface area contributed by atoms with Crippen molar-refractivity contribution in [2.75, 3.05) is 18.4 Å². The van der Waals surface area contributed by atoms with Crippen molar-refractivity contribution in [3.63, 3.8) is 0 Å². The van der Waals surface area contributed by atoms with Gasteiger partial charge in [-0.15, -0.1) is 0 Å². The van der Waals surface area contributed by atoms with Gasteiger partial charge in [0.05, 0.1) is 17.8 Å². The van der Waals surface area contributed by atoms with Crippen molar-refractivity contribution in [1.82, 2.24) is 14.9 Å². The van der Waals surface area contributed by atoms with Crippen LogP contribution in [0.1, 0.15) is 46.7 Å². The molecule has 2 saturated carbocycles. The van der Waals surface area contributed by atoms with Crippen LogP contribution in [0.3, 0.4) is 0 Å². The molecule has 1 aromatic heterocycles. The second-order valence-corrected chi connectivity index (χ2v) is 8.06. The Labute approximate surface area is 168 Å². The molecule has 2 aromatic rings. The molecule has 0 unspecified atom stereocenters. The molecule has 0 saturated heterocycles. The molecule has 1 aromatic carbocycles. The van der Waals surface area contributed by atoms with E-state index >= 15 is 4.39 Å². The van der Waals surface area contributed by atoms with E-state index in [0.29, 0.717) is 5.56 Å². The third kappa shape index (κ3) is 2.85. The molecule has 6 nitrogen and oxygen atoms in total. The number of fused-ring (bicyclic) bond motifs is 2. The Morgan fingerprint density at radius 3 is 2.47 bits per heavy atom. The zero-order chi connectivity index (χ0) is 21.3. The van der Waals surface area contributed by atoms with E-state index < -0.39 is 54.3 Å². The maximum Gasteiger partial charge on any atom is 0.260 e. The Bertz CT molecular complexity index is 1070. The minimum atomic E-state index is -3.17. The smallest absolute Gasteiger partial charge is 0.260 e. The number of halogens is 4. The van der Waals surface area contributed by atoms with Gasteiger partial charge in [-0.3, -0.25) is 14.9 Å². The fourth-order valence-electron chi connectivity index (χ4n) is 4.21. The second-order valence-electron chi connectivity index (χ2n) is 8.06. The van der Waals surface area contributed by atoms with E-state index in [1.165, 1.54) is 12.1 Å². The van der Waals surface area contributed by atoms with E-state index in [2.05, 4.69) is 15.3 Å². The quantitative estimate of drug-likeness (QED) is 0.772. The van der Waals surface area contributed by atoms with Crippen LogP contribution < -0.4 is 5.32 Å². The predicted molar refractivity (Wildman–Crippen MR) is 96.1 cm³/mol. The number of hydrogen-bond acceptors (Lipinski definition) is 4. The van der Waals surface area contributed by atoms with Crippen LogP contribution in [-0.2, 0) is 10.2 Å². The number of nitrogens with zero attached hydrogens (tertiary/aromatic N) is 3. The molecule has 0 radical (unpaired) electrons. The van der Waals surface area contributed by atoms with Gasteiger partial charge in [0, 0.05) is 24.1 Å². The number of carbonyl (C=O) groups is 2. The molecule has 1 spiro atoms. The summed E-state index contributed by atoms with van der Waals surface area (Å²) in [4.78, 5) is 33.3. The molecule has 2 amide bonds. The maximum atomic E-state index is 15.2. The average molecular weight is 420 g/mol. The molecule has 10 heteroatoms. The summed E-state index contributed by atoms with van der Waals surface area (Å²) in [5.74, 6) is -6.17. The number of carbonyl (C=O) groups excluding carboxylic acids is 2. The van der Waals surface area contributed by atoms with E-state index in [0.717, 1.165) is 30.1 Å². The molecule has 0 bridgehead atoms. The zero-order valence-corrected chi connectivity index (χ0v) is 15.6. The molecule has 2 aliphatic carbocycles. The van der Waals surface area contributed by atoms with Crippen molar-refractivity contribution in [3.05, 3.63) is 52.9 Å². The fourth-order valence-corrected chi connectivity index (χ4v) is 4.21. The topological polar surface area (TPSA) is 75.2 Å². The van der Waals surface area contributed by atoms with Crippen molar-refractivity contribution in [2.24, 2.45) is 0 Å². The van der Waals surface area contributed by atoms with E-state index in [1.54, 1.807) is 0 Å². The van der Waals surface area contributed by atoms with E-state index in [9.17, 15) is 22.8 Å². The van der Waals surface area contributed by atoms with Gasteiger partial charge >= 0.3 is 0 Å². The maximum absolute atomic E-state index is 15.2. The number of rotatable bonds is 4. The van der Waals surface area contributed by atoms with Gasteiger partial charge in [0.25, 0.3) is 11.8 Å². The fraction of sp³-hybridized carbons (Fsp3) is 0.400. The molecule has 5 rings (SSSR count). The minimum Gasteiger partial charge on any atom is -0.328 e. The molecule has 1 N–H and O–H groups in total. The lowest BCUT2D eigenvalue weighted by molar-refractivity contribution is -0.117.